The van der Waals surface area contributed by atoms with Crippen LogP contribution in [0.5, 0.6) is 0 Å². The Hall–Kier alpha value is -2.87. The van der Waals surface area contributed by atoms with Gasteiger partial charge < -0.3 is 9.80 Å². The van der Waals surface area contributed by atoms with Gasteiger partial charge in [-0.3, -0.25) is 14.0 Å². The maximum absolute atomic E-state index is 13.4. The zero-order chi connectivity index (χ0) is 24.2. The van der Waals surface area contributed by atoms with Crippen LogP contribution in [0.4, 0.5) is 0 Å². The van der Waals surface area contributed by atoms with E-state index in [0.29, 0.717) is 30.4 Å². The lowest BCUT2D eigenvalue weighted by Crippen LogP contribution is -2.39. The molecule has 2 fully saturated rings. The second-order valence-electron chi connectivity index (χ2n) is 9.63. The Morgan fingerprint density at radius 2 is 1.71 bits per heavy atom. The van der Waals surface area contributed by atoms with Gasteiger partial charge in [0.25, 0.3) is 5.91 Å². The molecule has 2 aromatic heterocycles. The van der Waals surface area contributed by atoms with Crippen LogP contribution < -0.4 is 0 Å². The summed E-state index contributed by atoms with van der Waals surface area (Å²) in [5, 5.41) is 8.70. The highest BCUT2D eigenvalue weighted by atomic mass is 32.2. The van der Waals surface area contributed by atoms with Gasteiger partial charge in [0.15, 0.2) is 5.65 Å². The van der Waals surface area contributed by atoms with Crippen molar-refractivity contribution in [3.8, 4) is 0 Å². The molecule has 0 N–H and O–H groups in total. The molecule has 0 radical (unpaired) electrons. The van der Waals surface area contributed by atoms with Crippen molar-refractivity contribution < 1.29 is 9.59 Å². The zero-order valence-corrected chi connectivity index (χ0v) is 21.1. The van der Waals surface area contributed by atoms with Crippen LogP contribution in [0.2, 0.25) is 0 Å². The van der Waals surface area contributed by atoms with E-state index in [0.717, 1.165) is 42.1 Å². The Balaban J connectivity index is 1.20. The van der Waals surface area contributed by atoms with E-state index in [9.17, 15) is 9.59 Å². The summed E-state index contributed by atoms with van der Waals surface area (Å²) < 4.78 is 2.05. The minimum atomic E-state index is 0.0470. The Kier molecular flexibility index (Phi) is 7.37. The number of carbonyl (C=O) groups excluding carboxylic acids is 2. The molecule has 7 nitrogen and oxygen atoms in total. The SMILES string of the molecule is CN(C(=O)CSc1ccccc1C(=O)N1CCC(c2nnc3ccccn23)CC1)C1CCCCC1. The van der Waals surface area contributed by atoms with Gasteiger partial charge in [0.05, 0.1) is 11.3 Å². The molecule has 0 bridgehead atoms. The topological polar surface area (TPSA) is 70.8 Å². The molecule has 8 heteroatoms. The van der Waals surface area contributed by atoms with E-state index in [1.807, 2.05) is 65.5 Å². The second-order valence-corrected chi connectivity index (χ2v) is 10.7. The van der Waals surface area contributed by atoms with Crippen molar-refractivity contribution >= 4 is 29.2 Å². The fourth-order valence-corrected chi connectivity index (χ4v) is 6.30. The van der Waals surface area contributed by atoms with E-state index in [4.69, 9.17) is 0 Å². The predicted octanol–water partition coefficient (Wildman–Crippen LogP) is 4.63. The third-order valence-electron chi connectivity index (χ3n) is 7.47. The first kappa shape index (κ1) is 23.9. The summed E-state index contributed by atoms with van der Waals surface area (Å²) >= 11 is 1.48. The van der Waals surface area contributed by atoms with Crippen LogP contribution in [0.25, 0.3) is 5.65 Å². The molecule has 1 aromatic carbocycles. The molecule has 35 heavy (non-hydrogen) atoms. The number of rotatable bonds is 6. The summed E-state index contributed by atoms with van der Waals surface area (Å²) in [5.74, 6) is 1.81. The smallest absolute Gasteiger partial charge is 0.254 e. The number of aromatic nitrogens is 3. The molecule has 1 aliphatic carbocycles. The number of nitrogens with zero attached hydrogens (tertiary/aromatic N) is 5. The summed E-state index contributed by atoms with van der Waals surface area (Å²) in [7, 11) is 1.93. The van der Waals surface area contributed by atoms with Crippen molar-refractivity contribution in [1.29, 1.82) is 0 Å². The second kappa shape index (κ2) is 10.8. The molecule has 3 heterocycles. The predicted molar refractivity (Wildman–Crippen MR) is 138 cm³/mol. The van der Waals surface area contributed by atoms with E-state index >= 15 is 0 Å². The number of amides is 2. The molecule has 1 saturated carbocycles. The first-order chi connectivity index (χ1) is 17.1. The van der Waals surface area contributed by atoms with Crippen molar-refractivity contribution in [1.82, 2.24) is 24.4 Å². The lowest BCUT2D eigenvalue weighted by atomic mass is 9.94. The van der Waals surface area contributed by atoms with E-state index < -0.39 is 0 Å². The molecule has 5 rings (SSSR count). The number of thioether (sulfide) groups is 1. The standard InChI is InChI=1S/C27H33N5O2S/c1-30(21-9-3-2-4-10-21)25(33)19-35-23-12-6-5-11-22(23)27(34)31-17-14-20(15-18-31)26-29-28-24-13-7-8-16-32(24)26/h5-8,11-13,16,20-21H,2-4,9-10,14-15,17-19H2,1H3. The van der Waals surface area contributed by atoms with Crippen LogP contribution >= 0.6 is 11.8 Å². The Bertz CT molecular complexity index is 1180. The van der Waals surface area contributed by atoms with Gasteiger partial charge in [0, 0.05) is 43.2 Å². The van der Waals surface area contributed by atoms with Gasteiger partial charge in [-0.05, 0) is 49.9 Å². The van der Waals surface area contributed by atoms with Crippen LogP contribution in [0.15, 0.2) is 53.6 Å². The molecular weight excluding hydrogens is 458 g/mol. The normalized spacial score (nSPS) is 17.6. The van der Waals surface area contributed by atoms with E-state index in [-0.39, 0.29) is 17.7 Å². The third kappa shape index (κ3) is 5.22. The molecule has 2 amide bonds. The largest absolute Gasteiger partial charge is 0.342 e. The zero-order valence-electron chi connectivity index (χ0n) is 20.3. The van der Waals surface area contributed by atoms with Crippen LogP contribution in [-0.2, 0) is 4.79 Å². The quantitative estimate of drug-likeness (QED) is 0.470. The van der Waals surface area contributed by atoms with E-state index in [1.54, 1.807) is 0 Å². The maximum atomic E-state index is 13.4. The molecule has 184 valence electrons. The molecule has 0 unspecified atom stereocenters. The molecule has 0 atom stereocenters. The van der Waals surface area contributed by atoms with Crippen LogP contribution in [-0.4, -0.2) is 68.1 Å². The summed E-state index contributed by atoms with van der Waals surface area (Å²) in [5.41, 5.74) is 1.55. The summed E-state index contributed by atoms with van der Waals surface area (Å²) in [6.45, 7) is 1.38. The summed E-state index contributed by atoms with van der Waals surface area (Å²) in [6, 6.07) is 14.0. The average molecular weight is 492 g/mol. The number of fused-ring (bicyclic) bond motifs is 1. The Labute approximate surface area is 210 Å². The minimum absolute atomic E-state index is 0.0470. The van der Waals surface area contributed by atoms with Crippen molar-refractivity contribution in [2.24, 2.45) is 0 Å². The van der Waals surface area contributed by atoms with E-state index in [1.165, 1.54) is 31.0 Å². The fourth-order valence-electron chi connectivity index (χ4n) is 5.33. The number of hydrogen-bond donors (Lipinski definition) is 0. The number of piperidine rings is 1. The monoisotopic (exact) mass is 491 g/mol. The van der Waals surface area contributed by atoms with Gasteiger partial charge >= 0.3 is 0 Å². The first-order valence-electron chi connectivity index (χ1n) is 12.7. The van der Waals surface area contributed by atoms with Crippen LogP contribution in [0.1, 0.15) is 67.0 Å². The number of hydrogen-bond acceptors (Lipinski definition) is 5. The van der Waals surface area contributed by atoms with Crippen LogP contribution in [0.3, 0.4) is 0 Å². The number of likely N-dealkylation sites (tertiary alicyclic amines) is 1. The first-order valence-corrected chi connectivity index (χ1v) is 13.7. The van der Waals surface area contributed by atoms with Gasteiger partial charge in [0.2, 0.25) is 5.91 Å². The third-order valence-corrected chi connectivity index (χ3v) is 8.53. The molecular formula is C27H33N5O2S. The highest BCUT2D eigenvalue weighted by Gasteiger charge is 2.29. The highest BCUT2D eigenvalue weighted by Crippen LogP contribution is 2.30. The van der Waals surface area contributed by atoms with Gasteiger partial charge in [0.1, 0.15) is 5.82 Å². The molecule has 1 saturated heterocycles. The summed E-state index contributed by atoms with van der Waals surface area (Å²) in [6.07, 6.45) is 9.61. The number of carbonyl (C=O) groups is 2. The minimum Gasteiger partial charge on any atom is -0.342 e. The number of pyridine rings is 1. The maximum Gasteiger partial charge on any atom is 0.254 e. The lowest BCUT2D eigenvalue weighted by Gasteiger charge is -2.32. The average Bonchev–Trinajstić information content (AvgIpc) is 3.36. The van der Waals surface area contributed by atoms with Crippen molar-refractivity contribution in [3.05, 3.63) is 60.0 Å². The van der Waals surface area contributed by atoms with Gasteiger partial charge in [-0.25, -0.2) is 0 Å². The molecule has 3 aromatic rings. The van der Waals surface area contributed by atoms with Gasteiger partial charge in [-0.15, -0.1) is 22.0 Å². The lowest BCUT2D eigenvalue weighted by molar-refractivity contribution is -0.129. The Morgan fingerprint density at radius 1 is 0.971 bits per heavy atom. The molecule has 1 aliphatic heterocycles. The fraction of sp³-hybridized carbons (Fsp3) is 0.481. The Morgan fingerprint density at radius 3 is 2.51 bits per heavy atom. The molecule has 0 spiro atoms. The van der Waals surface area contributed by atoms with Crippen molar-refractivity contribution in [3.63, 3.8) is 0 Å². The van der Waals surface area contributed by atoms with Gasteiger partial charge in [-0.1, -0.05) is 37.5 Å². The highest BCUT2D eigenvalue weighted by molar-refractivity contribution is 8.00. The summed E-state index contributed by atoms with van der Waals surface area (Å²) in [4.78, 5) is 31.0. The number of benzene rings is 1. The van der Waals surface area contributed by atoms with Gasteiger partial charge in [-0.2, -0.15) is 0 Å². The van der Waals surface area contributed by atoms with Crippen LogP contribution in [0, 0.1) is 0 Å². The van der Waals surface area contributed by atoms with E-state index in [2.05, 4.69) is 14.6 Å². The molecule has 2 aliphatic rings. The van der Waals surface area contributed by atoms with Crippen molar-refractivity contribution in [2.45, 2.75) is 61.8 Å². The van der Waals surface area contributed by atoms with Crippen molar-refractivity contribution in [2.75, 3.05) is 25.9 Å².